The van der Waals surface area contributed by atoms with Crippen LogP contribution >= 0.6 is 15.9 Å². The monoisotopic (exact) mass is 288 g/mol. The van der Waals surface area contributed by atoms with Crippen molar-refractivity contribution in [1.82, 2.24) is 0 Å². The van der Waals surface area contributed by atoms with E-state index in [1.54, 1.807) is 6.92 Å². The molecule has 0 N–H and O–H groups in total. The van der Waals surface area contributed by atoms with Gasteiger partial charge in [-0.05, 0) is 19.3 Å². The zero-order chi connectivity index (χ0) is 11.4. The summed E-state index contributed by atoms with van der Waals surface area (Å²) >= 11 is 3.55. The van der Waals surface area contributed by atoms with Crippen LogP contribution in [0, 0.1) is 23.7 Å². The summed E-state index contributed by atoms with van der Waals surface area (Å²) in [6, 6.07) is 0. The third-order valence-electron chi connectivity index (χ3n) is 4.08. The van der Waals surface area contributed by atoms with Crippen molar-refractivity contribution in [2.75, 3.05) is 6.61 Å². The van der Waals surface area contributed by atoms with E-state index in [0.29, 0.717) is 6.61 Å². The smallest absolute Gasteiger partial charge is 0.310 e. The lowest BCUT2D eigenvalue weighted by Gasteiger charge is -2.26. The minimum atomic E-state index is -0.291. The first-order valence-corrected chi connectivity index (χ1v) is 6.58. The van der Waals surface area contributed by atoms with Crippen LogP contribution in [-0.4, -0.2) is 29.5 Å². The molecule has 0 amide bonds. The second kappa shape index (κ2) is 3.45. The molecule has 1 saturated heterocycles. The standard InChI is InChI=1S/C11H13BrO4/c1-2-15-10(13)6-4-3-5-7(6)11(14)16-9(5)8(4)12/h4-9H,2-3H2,1H3/t4-,5+,6-,7+,8-,9+/m1/s1. The summed E-state index contributed by atoms with van der Waals surface area (Å²) in [5.74, 6) is -0.565. The summed E-state index contributed by atoms with van der Waals surface area (Å²) in [6.07, 6.45) is 0.883. The lowest BCUT2D eigenvalue weighted by molar-refractivity contribution is -0.155. The van der Waals surface area contributed by atoms with Crippen LogP contribution in [0.3, 0.4) is 0 Å². The summed E-state index contributed by atoms with van der Waals surface area (Å²) in [4.78, 5) is 23.7. The number of ether oxygens (including phenoxy) is 2. The molecule has 0 aromatic rings. The SMILES string of the molecule is CCOC(=O)[C@@H]1[C@H]2C[C@@H]3[C@H](OC(=O)[C@@H]31)[C@@H]2Br. The molecule has 0 spiro atoms. The fraction of sp³-hybridized carbons (Fsp3) is 0.818. The maximum atomic E-state index is 11.9. The number of hydrogen-bond acceptors (Lipinski definition) is 4. The number of alkyl halides is 1. The topological polar surface area (TPSA) is 52.6 Å². The number of rotatable bonds is 2. The van der Waals surface area contributed by atoms with E-state index in [0.717, 1.165) is 6.42 Å². The van der Waals surface area contributed by atoms with Gasteiger partial charge in [0.25, 0.3) is 0 Å². The van der Waals surface area contributed by atoms with E-state index in [1.807, 2.05) is 0 Å². The van der Waals surface area contributed by atoms with E-state index in [9.17, 15) is 9.59 Å². The highest BCUT2D eigenvalue weighted by atomic mass is 79.9. The van der Waals surface area contributed by atoms with Crippen molar-refractivity contribution in [3.63, 3.8) is 0 Å². The van der Waals surface area contributed by atoms with E-state index in [4.69, 9.17) is 9.47 Å². The molecule has 3 aliphatic rings. The lowest BCUT2D eigenvalue weighted by Crippen LogP contribution is -2.38. The Balaban J connectivity index is 1.90. The maximum Gasteiger partial charge on any atom is 0.310 e. The Labute approximate surface area is 102 Å². The van der Waals surface area contributed by atoms with Gasteiger partial charge in [0.15, 0.2) is 0 Å². The Morgan fingerprint density at radius 2 is 2.31 bits per heavy atom. The molecule has 16 heavy (non-hydrogen) atoms. The lowest BCUT2D eigenvalue weighted by atomic mass is 9.80. The molecule has 88 valence electrons. The summed E-state index contributed by atoms with van der Waals surface area (Å²) in [5, 5.41) is 0. The second-order valence-electron chi connectivity index (χ2n) is 4.71. The van der Waals surface area contributed by atoms with Gasteiger partial charge in [-0.25, -0.2) is 0 Å². The zero-order valence-corrected chi connectivity index (χ0v) is 10.5. The fourth-order valence-electron chi connectivity index (χ4n) is 3.53. The van der Waals surface area contributed by atoms with Crippen LogP contribution in [0.25, 0.3) is 0 Å². The highest BCUT2D eigenvalue weighted by molar-refractivity contribution is 9.09. The van der Waals surface area contributed by atoms with Crippen molar-refractivity contribution in [1.29, 1.82) is 0 Å². The average Bonchev–Trinajstić information content (AvgIpc) is 2.82. The molecule has 3 fully saturated rings. The van der Waals surface area contributed by atoms with Gasteiger partial charge in [-0.1, -0.05) is 15.9 Å². The molecule has 2 saturated carbocycles. The summed E-state index contributed by atoms with van der Waals surface area (Å²) in [7, 11) is 0. The minimum Gasteiger partial charge on any atom is -0.466 e. The quantitative estimate of drug-likeness (QED) is 0.564. The van der Waals surface area contributed by atoms with E-state index in [2.05, 4.69) is 15.9 Å². The Hall–Kier alpha value is -0.580. The average molecular weight is 289 g/mol. The molecular weight excluding hydrogens is 276 g/mol. The van der Waals surface area contributed by atoms with Gasteiger partial charge < -0.3 is 9.47 Å². The molecular formula is C11H13BrO4. The minimum absolute atomic E-state index is 0.0202. The molecule has 0 unspecified atom stereocenters. The van der Waals surface area contributed by atoms with Gasteiger partial charge in [0.2, 0.25) is 0 Å². The van der Waals surface area contributed by atoms with Gasteiger partial charge in [0.05, 0.1) is 23.3 Å². The third kappa shape index (κ3) is 1.15. The molecule has 2 bridgehead atoms. The van der Waals surface area contributed by atoms with Gasteiger partial charge >= 0.3 is 11.9 Å². The predicted molar refractivity (Wildman–Crippen MR) is 57.8 cm³/mol. The van der Waals surface area contributed by atoms with Crippen molar-refractivity contribution in [2.45, 2.75) is 24.3 Å². The summed E-state index contributed by atoms with van der Waals surface area (Å²) in [6.45, 7) is 2.15. The molecule has 5 heteroatoms. The number of esters is 2. The number of fused-ring (bicyclic) bond motifs is 1. The third-order valence-corrected chi connectivity index (χ3v) is 5.28. The van der Waals surface area contributed by atoms with Crippen LogP contribution in [-0.2, 0) is 19.1 Å². The van der Waals surface area contributed by atoms with Gasteiger partial charge in [0.1, 0.15) is 6.10 Å². The molecule has 1 heterocycles. The van der Waals surface area contributed by atoms with Crippen LogP contribution in [0.4, 0.5) is 0 Å². The fourth-order valence-corrected chi connectivity index (χ4v) is 4.58. The van der Waals surface area contributed by atoms with Crippen molar-refractivity contribution in [2.24, 2.45) is 23.7 Å². The normalized spacial score (nSPS) is 48.2. The van der Waals surface area contributed by atoms with Crippen molar-refractivity contribution in [3.8, 4) is 0 Å². The van der Waals surface area contributed by atoms with Crippen molar-refractivity contribution >= 4 is 27.9 Å². The number of hydrogen-bond donors (Lipinski definition) is 0. The van der Waals surface area contributed by atoms with Crippen molar-refractivity contribution in [3.05, 3.63) is 0 Å². The molecule has 0 aromatic heterocycles. The molecule has 4 nitrogen and oxygen atoms in total. The van der Waals surface area contributed by atoms with E-state index < -0.39 is 0 Å². The summed E-state index contributed by atoms with van der Waals surface area (Å²) < 4.78 is 10.4. The van der Waals surface area contributed by atoms with Gasteiger partial charge in [0, 0.05) is 5.92 Å². The van der Waals surface area contributed by atoms with Gasteiger partial charge in [-0.2, -0.15) is 0 Å². The Morgan fingerprint density at radius 3 is 3.00 bits per heavy atom. The second-order valence-corrected chi connectivity index (χ2v) is 5.77. The first-order chi connectivity index (χ1) is 7.65. The van der Waals surface area contributed by atoms with Gasteiger partial charge in [-0.15, -0.1) is 0 Å². The molecule has 2 aliphatic carbocycles. The first kappa shape index (κ1) is 10.6. The number of halogens is 1. The molecule has 3 rings (SSSR count). The number of carbonyl (C=O) groups is 2. The largest absolute Gasteiger partial charge is 0.466 e. The van der Waals surface area contributed by atoms with Crippen LogP contribution in [0.5, 0.6) is 0 Å². The Morgan fingerprint density at radius 1 is 1.56 bits per heavy atom. The zero-order valence-electron chi connectivity index (χ0n) is 8.89. The van der Waals surface area contributed by atoms with Crippen LogP contribution in [0.15, 0.2) is 0 Å². The van der Waals surface area contributed by atoms with Crippen LogP contribution < -0.4 is 0 Å². The molecule has 6 atom stereocenters. The molecule has 0 radical (unpaired) electrons. The van der Waals surface area contributed by atoms with E-state index in [-0.39, 0.29) is 46.5 Å². The predicted octanol–water partition coefficient (Wildman–Crippen LogP) is 1.12. The molecule has 1 aliphatic heterocycles. The Bertz CT molecular complexity index is 356. The van der Waals surface area contributed by atoms with Crippen LogP contribution in [0.2, 0.25) is 0 Å². The maximum absolute atomic E-state index is 11.9. The van der Waals surface area contributed by atoms with E-state index in [1.165, 1.54) is 0 Å². The highest BCUT2D eigenvalue weighted by Crippen LogP contribution is 2.60. The summed E-state index contributed by atoms with van der Waals surface area (Å²) in [5.41, 5.74) is 0. The Kier molecular flexibility index (Phi) is 2.28. The van der Waals surface area contributed by atoms with Crippen LogP contribution in [0.1, 0.15) is 13.3 Å². The van der Waals surface area contributed by atoms with Gasteiger partial charge in [-0.3, -0.25) is 9.59 Å². The van der Waals surface area contributed by atoms with E-state index >= 15 is 0 Å². The van der Waals surface area contributed by atoms with Crippen molar-refractivity contribution < 1.29 is 19.1 Å². The highest BCUT2D eigenvalue weighted by Gasteiger charge is 2.68. The molecule has 0 aromatic carbocycles. The number of carbonyl (C=O) groups excluding carboxylic acids is 2. The first-order valence-electron chi connectivity index (χ1n) is 5.66.